The first-order valence-corrected chi connectivity index (χ1v) is 3.73. The Morgan fingerprint density at radius 1 is 1.31 bits per heavy atom. The Morgan fingerprint density at radius 2 is 2.15 bits per heavy atom. The third kappa shape index (κ3) is 1.33. The minimum Gasteiger partial charge on any atom is -0.342 e. The normalized spacial score (nSPS) is 9.85. The largest absolute Gasteiger partial charge is 0.342 e. The predicted octanol–water partition coefficient (Wildman–Crippen LogP) is 1.55. The number of benzene rings is 1. The van der Waals surface area contributed by atoms with E-state index in [-0.39, 0.29) is 0 Å². The van der Waals surface area contributed by atoms with Gasteiger partial charge in [0.15, 0.2) is 6.29 Å². The van der Waals surface area contributed by atoms with Gasteiger partial charge in [0.05, 0.1) is 0 Å². The van der Waals surface area contributed by atoms with Crippen LogP contribution in [-0.4, -0.2) is 16.4 Å². The third-order valence-corrected chi connectivity index (χ3v) is 1.69. The van der Waals surface area contributed by atoms with Crippen LogP contribution in [0.1, 0.15) is 10.4 Å². The molecule has 0 aliphatic heterocycles. The molecule has 0 atom stereocenters. The highest BCUT2D eigenvalue weighted by Crippen LogP contribution is 2.17. The van der Waals surface area contributed by atoms with Gasteiger partial charge in [-0.3, -0.25) is 4.79 Å². The van der Waals surface area contributed by atoms with Crippen molar-refractivity contribution in [3.63, 3.8) is 0 Å². The minimum atomic E-state index is 0.433. The summed E-state index contributed by atoms with van der Waals surface area (Å²) in [5.74, 6) is 0.433. The van der Waals surface area contributed by atoms with E-state index in [0.29, 0.717) is 17.0 Å². The van der Waals surface area contributed by atoms with E-state index in [9.17, 15) is 4.79 Å². The second kappa shape index (κ2) is 3.18. The summed E-state index contributed by atoms with van der Waals surface area (Å²) >= 11 is 0. The van der Waals surface area contributed by atoms with Gasteiger partial charge in [0.25, 0.3) is 0 Å². The Hall–Kier alpha value is -1.97. The fraction of sp³-hybridized carbons (Fsp3) is 0. The monoisotopic (exact) mass is 174 g/mol. The lowest BCUT2D eigenvalue weighted by molar-refractivity contribution is 0.112. The van der Waals surface area contributed by atoms with Crippen molar-refractivity contribution < 1.29 is 9.32 Å². The second-order valence-corrected chi connectivity index (χ2v) is 2.46. The molecule has 4 nitrogen and oxygen atoms in total. The van der Waals surface area contributed by atoms with Crippen molar-refractivity contribution in [1.82, 2.24) is 10.1 Å². The summed E-state index contributed by atoms with van der Waals surface area (Å²) in [7, 11) is 0. The summed E-state index contributed by atoms with van der Waals surface area (Å²) in [5, 5.41) is 3.65. The van der Waals surface area contributed by atoms with Crippen LogP contribution >= 0.6 is 0 Å². The van der Waals surface area contributed by atoms with Crippen LogP contribution in [0.2, 0.25) is 0 Å². The van der Waals surface area contributed by atoms with Crippen molar-refractivity contribution in [3.8, 4) is 11.4 Å². The van der Waals surface area contributed by atoms with Crippen LogP contribution in [0.15, 0.2) is 35.2 Å². The van der Waals surface area contributed by atoms with Gasteiger partial charge in [-0.2, -0.15) is 4.98 Å². The number of nitrogens with zero attached hydrogens (tertiary/aromatic N) is 2. The van der Waals surface area contributed by atoms with E-state index < -0.39 is 0 Å². The average molecular weight is 174 g/mol. The molecule has 0 unspecified atom stereocenters. The lowest BCUT2D eigenvalue weighted by Crippen LogP contribution is -1.87. The van der Waals surface area contributed by atoms with Gasteiger partial charge in [-0.15, -0.1) is 0 Å². The zero-order chi connectivity index (χ0) is 9.10. The number of hydrogen-bond donors (Lipinski definition) is 0. The number of hydrogen-bond acceptors (Lipinski definition) is 4. The van der Waals surface area contributed by atoms with Gasteiger partial charge in [0, 0.05) is 11.1 Å². The molecule has 0 N–H and O–H groups in total. The maximum atomic E-state index is 10.6. The van der Waals surface area contributed by atoms with Gasteiger partial charge in [0.2, 0.25) is 12.2 Å². The molecule has 0 fully saturated rings. The van der Waals surface area contributed by atoms with Crippen LogP contribution in [-0.2, 0) is 0 Å². The SMILES string of the molecule is O=Cc1ccccc1-c1ncon1. The van der Waals surface area contributed by atoms with Crippen molar-refractivity contribution in [1.29, 1.82) is 0 Å². The van der Waals surface area contributed by atoms with E-state index in [1.807, 2.05) is 6.07 Å². The summed E-state index contributed by atoms with van der Waals surface area (Å²) < 4.78 is 4.59. The number of carbonyl (C=O) groups is 1. The molecule has 4 heteroatoms. The van der Waals surface area contributed by atoms with E-state index in [0.717, 1.165) is 6.29 Å². The lowest BCUT2D eigenvalue weighted by atomic mass is 10.1. The van der Waals surface area contributed by atoms with Crippen molar-refractivity contribution >= 4 is 6.29 Å². The van der Waals surface area contributed by atoms with E-state index in [4.69, 9.17) is 0 Å². The smallest absolute Gasteiger partial charge is 0.214 e. The standard InChI is InChI=1S/C9H6N2O2/c12-5-7-3-1-2-4-8(7)9-10-6-13-11-9/h1-6H. The maximum absolute atomic E-state index is 10.6. The van der Waals surface area contributed by atoms with Crippen LogP contribution in [0.4, 0.5) is 0 Å². The topological polar surface area (TPSA) is 56.0 Å². The molecule has 0 aliphatic rings. The summed E-state index contributed by atoms with van der Waals surface area (Å²) in [6.45, 7) is 0. The first-order chi connectivity index (χ1) is 6.42. The fourth-order valence-electron chi connectivity index (χ4n) is 1.09. The molecule has 1 heterocycles. The highest BCUT2D eigenvalue weighted by atomic mass is 16.5. The zero-order valence-electron chi connectivity index (χ0n) is 6.68. The van der Waals surface area contributed by atoms with Crippen LogP contribution < -0.4 is 0 Å². The van der Waals surface area contributed by atoms with Crippen molar-refractivity contribution in [3.05, 3.63) is 36.2 Å². The number of aldehydes is 1. The summed E-state index contributed by atoms with van der Waals surface area (Å²) in [6, 6.07) is 7.08. The summed E-state index contributed by atoms with van der Waals surface area (Å²) in [5.41, 5.74) is 1.25. The van der Waals surface area contributed by atoms with Crippen LogP contribution in [0.3, 0.4) is 0 Å². The molecule has 0 amide bonds. The molecular weight excluding hydrogens is 168 g/mol. The lowest BCUT2D eigenvalue weighted by Gasteiger charge is -1.96. The molecule has 0 spiro atoms. The van der Waals surface area contributed by atoms with E-state index in [1.165, 1.54) is 6.39 Å². The first kappa shape index (κ1) is 7.67. The Morgan fingerprint density at radius 3 is 2.85 bits per heavy atom. The molecule has 2 rings (SSSR count). The van der Waals surface area contributed by atoms with E-state index in [2.05, 4.69) is 14.7 Å². The molecule has 1 aromatic carbocycles. The van der Waals surface area contributed by atoms with Gasteiger partial charge in [-0.05, 0) is 0 Å². The van der Waals surface area contributed by atoms with Crippen molar-refractivity contribution in [2.75, 3.05) is 0 Å². The van der Waals surface area contributed by atoms with Crippen LogP contribution in [0.5, 0.6) is 0 Å². The molecule has 0 bridgehead atoms. The number of carbonyl (C=O) groups excluding carboxylic acids is 1. The molecule has 0 radical (unpaired) electrons. The Balaban J connectivity index is 2.57. The number of rotatable bonds is 2. The highest BCUT2D eigenvalue weighted by Gasteiger charge is 2.06. The molecule has 13 heavy (non-hydrogen) atoms. The third-order valence-electron chi connectivity index (χ3n) is 1.69. The van der Waals surface area contributed by atoms with Gasteiger partial charge in [0.1, 0.15) is 0 Å². The average Bonchev–Trinajstić information content (AvgIpc) is 2.70. The van der Waals surface area contributed by atoms with Crippen LogP contribution in [0.25, 0.3) is 11.4 Å². The number of aromatic nitrogens is 2. The van der Waals surface area contributed by atoms with Gasteiger partial charge >= 0.3 is 0 Å². The first-order valence-electron chi connectivity index (χ1n) is 3.73. The Kier molecular flexibility index (Phi) is 1.88. The Labute approximate surface area is 74.2 Å². The molecule has 2 aromatic rings. The zero-order valence-corrected chi connectivity index (χ0v) is 6.68. The second-order valence-electron chi connectivity index (χ2n) is 2.46. The molecule has 0 saturated heterocycles. The van der Waals surface area contributed by atoms with Gasteiger partial charge < -0.3 is 4.52 Å². The molecular formula is C9H6N2O2. The van der Waals surface area contributed by atoms with Gasteiger partial charge in [-0.25, -0.2) is 0 Å². The van der Waals surface area contributed by atoms with Crippen molar-refractivity contribution in [2.24, 2.45) is 0 Å². The molecule has 64 valence electrons. The highest BCUT2D eigenvalue weighted by molar-refractivity contribution is 5.85. The summed E-state index contributed by atoms with van der Waals surface area (Å²) in [4.78, 5) is 14.5. The fourth-order valence-corrected chi connectivity index (χ4v) is 1.09. The quantitative estimate of drug-likeness (QED) is 0.648. The Bertz CT molecular complexity index is 409. The molecule has 1 aromatic heterocycles. The predicted molar refractivity (Wildman–Crippen MR) is 45.1 cm³/mol. The van der Waals surface area contributed by atoms with Crippen molar-refractivity contribution in [2.45, 2.75) is 0 Å². The summed E-state index contributed by atoms with van der Waals surface area (Å²) in [6.07, 6.45) is 2.00. The minimum absolute atomic E-state index is 0.433. The van der Waals surface area contributed by atoms with Crippen LogP contribution in [0, 0.1) is 0 Å². The molecule has 0 aliphatic carbocycles. The van der Waals surface area contributed by atoms with Gasteiger partial charge in [-0.1, -0.05) is 29.4 Å². The van der Waals surface area contributed by atoms with E-state index >= 15 is 0 Å². The maximum Gasteiger partial charge on any atom is 0.214 e. The molecule has 0 saturated carbocycles. The van der Waals surface area contributed by atoms with E-state index in [1.54, 1.807) is 18.2 Å².